The van der Waals surface area contributed by atoms with Gasteiger partial charge in [-0.1, -0.05) is 0 Å². The van der Waals surface area contributed by atoms with Crippen LogP contribution in [0.5, 0.6) is 0 Å². The van der Waals surface area contributed by atoms with E-state index in [9.17, 15) is 15.0 Å². The van der Waals surface area contributed by atoms with E-state index in [4.69, 9.17) is 25.8 Å². The fraction of sp³-hybridized carbons (Fsp3) is 0.889. The van der Waals surface area contributed by atoms with Gasteiger partial charge in [0.05, 0.1) is 19.3 Å². The molecule has 0 rings (SSSR count). The third kappa shape index (κ3) is 4.94. The molecule has 0 spiro atoms. The molecule has 0 aliphatic heterocycles. The maximum atomic E-state index is 10.6. The van der Waals surface area contributed by atoms with Gasteiger partial charge in [-0.25, -0.2) is 4.79 Å². The lowest BCUT2D eigenvalue weighted by atomic mass is 10.0. The van der Waals surface area contributed by atoms with Crippen LogP contribution in [0.25, 0.3) is 0 Å². The van der Waals surface area contributed by atoms with Crippen molar-refractivity contribution >= 4 is 5.97 Å². The van der Waals surface area contributed by atoms with E-state index in [0.29, 0.717) is 0 Å². The highest BCUT2D eigenvalue weighted by Crippen LogP contribution is 2.11. The van der Waals surface area contributed by atoms with Crippen molar-refractivity contribution in [1.82, 2.24) is 0 Å². The summed E-state index contributed by atoms with van der Waals surface area (Å²) in [6.07, 6.45) is -5.69. The highest BCUT2D eigenvalue weighted by Gasteiger charge is 2.34. The number of rotatable bonds is 8. The Hall–Kier alpha value is -0.770. The predicted molar refractivity (Wildman–Crippen MR) is 56.1 cm³/mol. The van der Waals surface area contributed by atoms with Crippen LogP contribution in [-0.4, -0.2) is 75.2 Å². The fourth-order valence-electron chi connectivity index (χ4n) is 1.16. The summed E-state index contributed by atoms with van der Waals surface area (Å²) < 4.78 is 4.94. The first-order valence-electron chi connectivity index (χ1n) is 5.06. The number of aliphatic hydroxyl groups is 4. The second kappa shape index (κ2) is 7.54. The zero-order valence-corrected chi connectivity index (χ0v) is 9.43. The number of carboxylic acids is 1. The van der Waals surface area contributed by atoms with Crippen LogP contribution in [0.4, 0.5) is 0 Å². The number of carbonyl (C=O) groups is 1. The summed E-state index contributed by atoms with van der Waals surface area (Å²) in [5.74, 6) is -1.27. The van der Waals surface area contributed by atoms with E-state index in [0.717, 1.165) is 0 Å². The van der Waals surface area contributed by atoms with E-state index in [1.807, 2.05) is 0 Å². The smallest absolute Gasteiger partial charge is 0.332 e. The average molecular weight is 253 g/mol. The van der Waals surface area contributed by atoms with Gasteiger partial charge in [0, 0.05) is 0 Å². The molecule has 0 aromatic carbocycles. The van der Waals surface area contributed by atoms with Crippen LogP contribution in [0.1, 0.15) is 6.92 Å². The normalized spacial score (nSPS) is 20.4. The molecule has 1 unspecified atom stereocenters. The minimum atomic E-state index is -1.59. The topological polar surface area (TPSA) is 153 Å². The molecule has 0 saturated heterocycles. The summed E-state index contributed by atoms with van der Waals surface area (Å²) in [5.41, 5.74) is 5.44. The molecule has 0 radical (unpaired) electrons. The van der Waals surface area contributed by atoms with Crippen molar-refractivity contribution in [2.24, 2.45) is 5.73 Å². The van der Waals surface area contributed by atoms with E-state index >= 15 is 0 Å². The van der Waals surface area contributed by atoms with Crippen molar-refractivity contribution in [3.05, 3.63) is 0 Å². The molecule has 0 aliphatic carbocycles. The first-order valence-corrected chi connectivity index (χ1v) is 5.06. The molecular formula is C9H19NO7. The summed E-state index contributed by atoms with van der Waals surface area (Å²) in [4.78, 5) is 10.6. The molecule has 8 nitrogen and oxygen atoms in total. The zero-order chi connectivity index (χ0) is 13.6. The van der Waals surface area contributed by atoms with Gasteiger partial charge in [0.15, 0.2) is 6.10 Å². The zero-order valence-electron chi connectivity index (χ0n) is 9.43. The molecule has 8 heteroatoms. The summed E-state index contributed by atoms with van der Waals surface area (Å²) in [7, 11) is 0. The van der Waals surface area contributed by atoms with Crippen molar-refractivity contribution in [3.8, 4) is 0 Å². The van der Waals surface area contributed by atoms with Crippen molar-refractivity contribution in [2.75, 3.05) is 13.2 Å². The Morgan fingerprint density at radius 2 is 1.82 bits per heavy atom. The van der Waals surface area contributed by atoms with Crippen molar-refractivity contribution in [2.45, 2.75) is 37.4 Å². The van der Waals surface area contributed by atoms with Crippen molar-refractivity contribution < 1.29 is 35.1 Å². The molecule has 0 saturated carbocycles. The lowest BCUT2D eigenvalue weighted by Gasteiger charge is -2.31. The Morgan fingerprint density at radius 1 is 1.29 bits per heavy atom. The lowest BCUT2D eigenvalue weighted by molar-refractivity contribution is -0.167. The van der Waals surface area contributed by atoms with Crippen LogP contribution in [-0.2, 0) is 9.53 Å². The van der Waals surface area contributed by atoms with Gasteiger partial charge in [0.25, 0.3) is 0 Å². The number of hydrogen-bond donors (Lipinski definition) is 6. The molecule has 7 N–H and O–H groups in total. The quantitative estimate of drug-likeness (QED) is 0.265. The fourth-order valence-corrected chi connectivity index (χ4v) is 1.16. The second-order valence-corrected chi connectivity index (χ2v) is 3.67. The van der Waals surface area contributed by atoms with E-state index in [1.54, 1.807) is 0 Å². The molecule has 5 atom stereocenters. The third-order valence-electron chi connectivity index (χ3n) is 2.26. The monoisotopic (exact) mass is 253 g/mol. The highest BCUT2D eigenvalue weighted by atomic mass is 16.5. The maximum Gasteiger partial charge on any atom is 0.332 e. The van der Waals surface area contributed by atoms with Gasteiger partial charge >= 0.3 is 5.97 Å². The Labute approximate surface area is 98.2 Å². The number of nitrogens with two attached hydrogens (primary N) is 1. The van der Waals surface area contributed by atoms with Crippen LogP contribution in [0, 0.1) is 0 Å². The van der Waals surface area contributed by atoms with Crippen LogP contribution < -0.4 is 5.73 Å². The van der Waals surface area contributed by atoms with Crippen LogP contribution in [0.3, 0.4) is 0 Å². The molecule has 102 valence electrons. The van der Waals surface area contributed by atoms with Crippen LogP contribution in [0.2, 0.25) is 0 Å². The molecule has 17 heavy (non-hydrogen) atoms. The van der Waals surface area contributed by atoms with Gasteiger partial charge in [-0.2, -0.15) is 0 Å². The highest BCUT2D eigenvalue weighted by molar-refractivity contribution is 5.71. The van der Waals surface area contributed by atoms with Gasteiger partial charge < -0.3 is 36.0 Å². The third-order valence-corrected chi connectivity index (χ3v) is 2.26. The van der Waals surface area contributed by atoms with E-state index in [1.165, 1.54) is 6.92 Å². The average Bonchev–Trinajstić information content (AvgIpc) is 2.32. The molecule has 0 aliphatic rings. The Morgan fingerprint density at radius 3 is 2.18 bits per heavy atom. The minimum absolute atomic E-state index is 0.563. The molecule has 0 heterocycles. The molecule has 0 amide bonds. The number of carboxylic acid groups (broad SMARTS) is 1. The van der Waals surface area contributed by atoms with E-state index in [2.05, 4.69) is 0 Å². The van der Waals surface area contributed by atoms with Crippen molar-refractivity contribution in [1.29, 1.82) is 0 Å². The number of ether oxygens (including phenoxy) is 1. The summed E-state index contributed by atoms with van der Waals surface area (Å²) in [5, 5.41) is 45.0. The van der Waals surface area contributed by atoms with Crippen LogP contribution in [0.15, 0.2) is 0 Å². The molecule has 0 aromatic heterocycles. The standard InChI is InChI=1S/C9H19NO7/c1-4(9(15)16)17-8(5(10)2-11)7(14)6(13)3-12/h4-8,11-14H,2-3,10H2,1H3,(H,15,16)/t4?,5-,6+,7+,8+/m0/s1. The summed E-state index contributed by atoms with van der Waals surface area (Å²) in [6, 6.07) is -1.08. The largest absolute Gasteiger partial charge is 0.479 e. The number of aliphatic hydroxyl groups excluding tert-OH is 4. The summed E-state index contributed by atoms with van der Waals surface area (Å²) >= 11 is 0. The SMILES string of the molecule is CC(O[C@@H]([C@H](O)[C@H](O)CO)[C@@H](N)CO)C(=O)O. The predicted octanol–water partition coefficient (Wildman–Crippen LogP) is -3.12. The van der Waals surface area contributed by atoms with Crippen molar-refractivity contribution in [3.63, 3.8) is 0 Å². The van der Waals surface area contributed by atoms with E-state index < -0.39 is 49.6 Å². The van der Waals surface area contributed by atoms with Gasteiger partial charge in [0.1, 0.15) is 18.3 Å². The van der Waals surface area contributed by atoms with Gasteiger partial charge in [-0.15, -0.1) is 0 Å². The maximum absolute atomic E-state index is 10.6. The Balaban J connectivity index is 4.69. The molecule has 0 bridgehead atoms. The van der Waals surface area contributed by atoms with Gasteiger partial charge in [-0.05, 0) is 6.92 Å². The second-order valence-electron chi connectivity index (χ2n) is 3.67. The lowest BCUT2D eigenvalue weighted by Crippen LogP contribution is -2.53. The van der Waals surface area contributed by atoms with E-state index in [-0.39, 0.29) is 0 Å². The number of hydrogen-bond acceptors (Lipinski definition) is 7. The minimum Gasteiger partial charge on any atom is -0.479 e. The van der Waals surface area contributed by atoms with Gasteiger partial charge in [0.2, 0.25) is 0 Å². The molecule has 0 aromatic rings. The first kappa shape index (κ1) is 16.2. The first-order chi connectivity index (χ1) is 7.84. The summed E-state index contributed by atoms with van der Waals surface area (Å²) in [6.45, 7) is -0.0791. The van der Waals surface area contributed by atoms with Crippen LogP contribution >= 0.6 is 0 Å². The Kier molecular flexibility index (Phi) is 7.19. The molecule has 0 fully saturated rings. The molecular weight excluding hydrogens is 234 g/mol. The number of aliphatic carboxylic acids is 1. The van der Waals surface area contributed by atoms with Gasteiger partial charge in [-0.3, -0.25) is 0 Å². The Bertz CT molecular complexity index is 237.